The molecule has 114 valence electrons. The van der Waals surface area contributed by atoms with Gasteiger partial charge in [-0.15, -0.1) is 0 Å². The fourth-order valence-electron chi connectivity index (χ4n) is 2.69. The molecule has 1 atom stereocenters. The first-order valence-electron chi connectivity index (χ1n) is 7.25. The highest BCUT2D eigenvalue weighted by atomic mass is 16.3. The minimum Gasteiger partial charge on any atom is -0.459 e. The Labute approximate surface area is 128 Å². The van der Waals surface area contributed by atoms with Crippen LogP contribution in [0.15, 0.2) is 41.1 Å². The van der Waals surface area contributed by atoms with E-state index in [4.69, 9.17) is 4.42 Å². The lowest BCUT2D eigenvalue weighted by Crippen LogP contribution is -2.44. The maximum atomic E-state index is 12.5. The maximum absolute atomic E-state index is 12.5. The lowest BCUT2D eigenvalue weighted by molar-refractivity contribution is -0.123. The molecule has 0 saturated heterocycles. The number of carbonyl (C=O) groups is 2. The lowest BCUT2D eigenvalue weighted by atomic mass is 9.93. The number of furan rings is 1. The molecule has 22 heavy (non-hydrogen) atoms. The van der Waals surface area contributed by atoms with Gasteiger partial charge in [0.1, 0.15) is 0 Å². The molecule has 0 aliphatic carbocycles. The molecule has 6 nitrogen and oxygen atoms in total. The summed E-state index contributed by atoms with van der Waals surface area (Å²) in [5, 5.41) is 2.81. The minimum absolute atomic E-state index is 0.112. The van der Waals surface area contributed by atoms with Crippen LogP contribution in [0.1, 0.15) is 34.7 Å². The van der Waals surface area contributed by atoms with Gasteiger partial charge in [0.15, 0.2) is 5.76 Å². The molecule has 0 radical (unpaired) electrons. The minimum atomic E-state index is -0.455. The number of nitrogens with zero attached hydrogens (tertiary/aromatic N) is 2. The average molecular weight is 299 g/mol. The number of amides is 2. The summed E-state index contributed by atoms with van der Waals surface area (Å²) in [6.45, 7) is 3.14. The molecular weight excluding hydrogens is 282 g/mol. The summed E-state index contributed by atoms with van der Waals surface area (Å²) in [5.74, 6) is -0.501. The van der Waals surface area contributed by atoms with Gasteiger partial charge in [0, 0.05) is 25.8 Å². The van der Waals surface area contributed by atoms with E-state index in [1.807, 2.05) is 19.1 Å². The van der Waals surface area contributed by atoms with Crippen molar-refractivity contribution in [2.45, 2.75) is 19.4 Å². The Balaban J connectivity index is 1.91. The zero-order valence-electron chi connectivity index (χ0n) is 12.3. The molecule has 1 N–H and O–H groups in total. The first kappa shape index (κ1) is 14.3. The van der Waals surface area contributed by atoms with Gasteiger partial charge >= 0.3 is 0 Å². The third kappa shape index (κ3) is 2.59. The van der Waals surface area contributed by atoms with Gasteiger partial charge in [0.25, 0.3) is 5.91 Å². The van der Waals surface area contributed by atoms with Crippen molar-refractivity contribution >= 4 is 11.8 Å². The van der Waals surface area contributed by atoms with Crippen LogP contribution in [0, 0.1) is 0 Å². The molecule has 0 saturated carbocycles. The lowest BCUT2D eigenvalue weighted by Gasteiger charge is -2.32. The third-order valence-corrected chi connectivity index (χ3v) is 3.71. The summed E-state index contributed by atoms with van der Waals surface area (Å²) in [7, 11) is 0. The van der Waals surface area contributed by atoms with Crippen molar-refractivity contribution in [3.63, 3.8) is 0 Å². The Morgan fingerprint density at radius 1 is 1.41 bits per heavy atom. The molecule has 2 aromatic rings. The summed E-state index contributed by atoms with van der Waals surface area (Å²) in [6.07, 6.45) is 3.14. The number of carbonyl (C=O) groups excluding carboxylic acids is 2. The van der Waals surface area contributed by atoms with Gasteiger partial charge < -0.3 is 14.6 Å². The normalized spacial score (nSPS) is 17.0. The zero-order valence-corrected chi connectivity index (χ0v) is 12.3. The van der Waals surface area contributed by atoms with Crippen LogP contribution in [0.2, 0.25) is 0 Å². The standard InChI is InChI=1S/C16H17N3O3/c1-2-17-15(20)12-10-19(16(21)13-6-4-8-22-13)9-11-5-3-7-18-14(11)12/h3-8,12H,2,9-10H2,1H3,(H,17,20). The number of rotatable bonds is 3. The van der Waals surface area contributed by atoms with Crippen LogP contribution in [0.4, 0.5) is 0 Å². The van der Waals surface area contributed by atoms with Gasteiger partial charge in [0.2, 0.25) is 5.91 Å². The number of likely N-dealkylation sites (N-methyl/N-ethyl adjacent to an activating group) is 1. The molecule has 1 unspecified atom stereocenters. The Morgan fingerprint density at radius 2 is 2.27 bits per heavy atom. The highest BCUT2D eigenvalue weighted by Gasteiger charge is 2.34. The predicted molar refractivity (Wildman–Crippen MR) is 79.1 cm³/mol. The van der Waals surface area contributed by atoms with Crippen LogP contribution in [0.25, 0.3) is 0 Å². The Morgan fingerprint density at radius 3 is 3.00 bits per heavy atom. The fourth-order valence-corrected chi connectivity index (χ4v) is 2.69. The molecular formula is C16H17N3O3. The Kier molecular flexibility index (Phi) is 3.91. The molecule has 3 rings (SSSR count). The smallest absolute Gasteiger partial charge is 0.289 e. The summed E-state index contributed by atoms with van der Waals surface area (Å²) in [6, 6.07) is 7.01. The number of fused-ring (bicyclic) bond motifs is 1. The van der Waals surface area contributed by atoms with Gasteiger partial charge in [-0.3, -0.25) is 14.6 Å². The molecule has 2 aromatic heterocycles. The zero-order chi connectivity index (χ0) is 15.5. The van der Waals surface area contributed by atoms with E-state index in [-0.39, 0.29) is 17.6 Å². The second-order valence-electron chi connectivity index (χ2n) is 5.16. The quantitative estimate of drug-likeness (QED) is 0.933. The van der Waals surface area contributed by atoms with Crippen molar-refractivity contribution in [2.24, 2.45) is 0 Å². The number of aromatic nitrogens is 1. The van der Waals surface area contributed by atoms with Gasteiger partial charge in [-0.1, -0.05) is 6.07 Å². The van der Waals surface area contributed by atoms with E-state index >= 15 is 0 Å². The van der Waals surface area contributed by atoms with Crippen molar-refractivity contribution in [2.75, 3.05) is 13.1 Å². The van der Waals surface area contributed by atoms with Crippen LogP contribution in [-0.2, 0) is 11.3 Å². The van der Waals surface area contributed by atoms with E-state index in [1.54, 1.807) is 23.2 Å². The highest BCUT2D eigenvalue weighted by molar-refractivity contribution is 5.93. The Hall–Kier alpha value is -2.63. The van der Waals surface area contributed by atoms with Crippen molar-refractivity contribution in [1.29, 1.82) is 0 Å². The highest BCUT2D eigenvalue weighted by Crippen LogP contribution is 2.27. The predicted octanol–water partition coefficient (Wildman–Crippen LogP) is 1.55. The third-order valence-electron chi connectivity index (χ3n) is 3.71. The number of nitrogens with one attached hydrogen (secondary N) is 1. The van der Waals surface area contributed by atoms with Gasteiger partial charge in [0.05, 0.1) is 17.9 Å². The molecule has 3 heterocycles. The SMILES string of the molecule is CCNC(=O)C1CN(C(=O)c2ccco2)Cc2cccnc21. The number of hydrogen-bond acceptors (Lipinski definition) is 4. The molecule has 0 aromatic carbocycles. The molecule has 6 heteroatoms. The molecule has 1 aliphatic heterocycles. The summed E-state index contributed by atoms with van der Waals surface area (Å²) in [5.41, 5.74) is 1.64. The van der Waals surface area contributed by atoms with Crippen molar-refractivity contribution in [1.82, 2.24) is 15.2 Å². The van der Waals surface area contributed by atoms with Gasteiger partial charge in [-0.25, -0.2) is 0 Å². The van der Waals surface area contributed by atoms with Crippen LogP contribution in [0.3, 0.4) is 0 Å². The molecule has 0 spiro atoms. The molecule has 0 fully saturated rings. The second kappa shape index (κ2) is 6.01. The van der Waals surface area contributed by atoms with Crippen molar-refractivity contribution < 1.29 is 14.0 Å². The summed E-state index contributed by atoms with van der Waals surface area (Å²) in [4.78, 5) is 30.7. The molecule has 0 bridgehead atoms. The Bertz CT molecular complexity index is 682. The van der Waals surface area contributed by atoms with E-state index in [9.17, 15) is 9.59 Å². The monoisotopic (exact) mass is 299 g/mol. The van der Waals surface area contributed by atoms with Crippen LogP contribution in [-0.4, -0.2) is 34.8 Å². The van der Waals surface area contributed by atoms with Crippen LogP contribution >= 0.6 is 0 Å². The van der Waals surface area contributed by atoms with Crippen molar-refractivity contribution in [3.05, 3.63) is 53.7 Å². The van der Waals surface area contributed by atoms with E-state index in [0.717, 1.165) is 11.3 Å². The number of hydrogen-bond donors (Lipinski definition) is 1. The largest absolute Gasteiger partial charge is 0.459 e. The van der Waals surface area contributed by atoms with E-state index in [1.165, 1.54) is 6.26 Å². The van der Waals surface area contributed by atoms with Gasteiger partial charge in [-0.2, -0.15) is 0 Å². The van der Waals surface area contributed by atoms with E-state index in [2.05, 4.69) is 10.3 Å². The molecule has 1 aliphatic rings. The molecule has 2 amide bonds. The van der Waals surface area contributed by atoms with E-state index in [0.29, 0.717) is 19.6 Å². The topological polar surface area (TPSA) is 75.4 Å². The van der Waals surface area contributed by atoms with E-state index < -0.39 is 5.92 Å². The van der Waals surface area contributed by atoms with Crippen molar-refractivity contribution in [3.8, 4) is 0 Å². The maximum Gasteiger partial charge on any atom is 0.289 e. The number of pyridine rings is 1. The summed E-state index contributed by atoms with van der Waals surface area (Å²) >= 11 is 0. The van der Waals surface area contributed by atoms with Crippen LogP contribution < -0.4 is 5.32 Å². The summed E-state index contributed by atoms with van der Waals surface area (Å²) < 4.78 is 5.17. The first-order valence-corrected chi connectivity index (χ1v) is 7.25. The van der Waals surface area contributed by atoms with Gasteiger partial charge in [-0.05, 0) is 30.7 Å². The first-order chi connectivity index (χ1) is 10.7. The average Bonchev–Trinajstić information content (AvgIpc) is 3.07. The second-order valence-corrected chi connectivity index (χ2v) is 5.16. The van der Waals surface area contributed by atoms with Crippen LogP contribution in [0.5, 0.6) is 0 Å². The fraction of sp³-hybridized carbons (Fsp3) is 0.312.